The standard InChI is InChI=1S/C22H27N9O/c1-32-22-28-20(25-16-8-12-30(14-16)18-6-2-4-10-23-18)27-21(29-22)26-17-9-13-31(15-17)19-7-3-5-11-24-19/h2-7,10-11,16-17H,8-9,12-15H2,1H3,(H2,25,26,27,28,29). The van der Waals surface area contributed by atoms with E-state index in [9.17, 15) is 0 Å². The number of nitrogens with one attached hydrogen (secondary N) is 2. The minimum atomic E-state index is 0.225. The summed E-state index contributed by atoms with van der Waals surface area (Å²) in [5.41, 5.74) is 0. The Morgan fingerprint density at radius 3 is 1.75 bits per heavy atom. The van der Waals surface area contributed by atoms with E-state index >= 15 is 0 Å². The van der Waals surface area contributed by atoms with Crippen molar-refractivity contribution in [3.63, 3.8) is 0 Å². The SMILES string of the molecule is COc1nc(NC2CCN(c3ccccn3)C2)nc(NC2CCN(c3ccccn3)C2)n1. The highest BCUT2D eigenvalue weighted by Gasteiger charge is 2.26. The van der Waals surface area contributed by atoms with Gasteiger partial charge in [0.1, 0.15) is 11.6 Å². The number of pyridine rings is 2. The summed E-state index contributed by atoms with van der Waals surface area (Å²) < 4.78 is 5.32. The topological polar surface area (TPSA) is 104 Å². The number of methoxy groups -OCH3 is 1. The van der Waals surface area contributed by atoms with Crippen molar-refractivity contribution in [2.24, 2.45) is 0 Å². The minimum Gasteiger partial charge on any atom is -0.467 e. The number of aromatic nitrogens is 5. The van der Waals surface area contributed by atoms with Crippen molar-refractivity contribution in [2.75, 3.05) is 53.7 Å². The third-order valence-electron chi connectivity index (χ3n) is 5.79. The summed E-state index contributed by atoms with van der Waals surface area (Å²) in [5.74, 6) is 3.02. The molecule has 3 aromatic rings. The van der Waals surface area contributed by atoms with Crippen molar-refractivity contribution >= 4 is 23.5 Å². The van der Waals surface area contributed by atoms with E-state index in [1.54, 1.807) is 7.11 Å². The van der Waals surface area contributed by atoms with Crippen LogP contribution in [0.5, 0.6) is 6.01 Å². The molecule has 0 aliphatic carbocycles. The average Bonchev–Trinajstić information content (AvgIpc) is 3.50. The van der Waals surface area contributed by atoms with Crippen molar-refractivity contribution in [2.45, 2.75) is 24.9 Å². The Labute approximate surface area is 187 Å². The normalized spacial score (nSPS) is 20.4. The highest BCUT2D eigenvalue weighted by atomic mass is 16.5. The molecule has 0 amide bonds. The van der Waals surface area contributed by atoms with Gasteiger partial charge in [-0.25, -0.2) is 9.97 Å². The Bertz CT molecular complexity index is 943. The van der Waals surface area contributed by atoms with Crippen molar-refractivity contribution < 1.29 is 4.74 Å². The molecule has 0 spiro atoms. The number of hydrogen-bond acceptors (Lipinski definition) is 10. The van der Waals surface area contributed by atoms with Gasteiger partial charge in [-0.3, -0.25) is 0 Å². The number of nitrogens with zero attached hydrogens (tertiary/aromatic N) is 7. The predicted molar refractivity (Wildman–Crippen MR) is 123 cm³/mol. The second kappa shape index (κ2) is 9.21. The van der Waals surface area contributed by atoms with E-state index in [2.05, 4.69) is 45.4 Å². The van der Waals surface area contributed by atoms with Crippen LogP contribution in [-0.2, 0) is 0 Å². The van der Waals surface area contributed by atoms with Crippen LogP contribution < -0.4 is 25.2 Å². The fraction of sp³-hybridized carbons (Fsp3) is 0.409. The molecule has 166 valence electrons. The average molecular weight is 434 g/mol. The zero-order valence-corrected chi connectivity index (χ0v) is 18.1. The van der Waals surface area contributed by atoms with Gasteiger partial charge in [-0.05, 0) is 37.1 Å². The summed E-state index contributed by atoms with van der Waals surface area (Å²) >= 11 is 0. The van der Waals surface area contributed by atoms with Crippen LogP contribution in [0, 0.1) is 0 Å². The molecule has 0 radical (unpaired) electrons. The molecule has 0 bridgehead atoms. The summed E-state index contributed by atoms with van der Waals surface area (Å²) in [6.45, 7) is 3.56. The Balaban J connectivity index is 1.22. The van der Waals surface area contributed by atoms with Gasteiger partial charge in [-0.15, -0.1) is 0 Å². The van der Waals surface area contributed by atoms with E-state index in [4.69, 9.17) is 4.74 Å². The van der Waals surface area contributed by atoms with Crippen molar-refractivity contribution in [1.29, 1.82) is 0 Å². The van der Waals surface area contributed by atoms with Crippen molar-refractivity contribution in [1.82, 2.24) is 24.9 Å². The molecule has 0 aromatic carbocycles. The van der Waals surface area contributed by atoms with Gasteiger partial charge < -0.3 is 25.2 Å². The van der Waals surface area contributed by atoms with Crippen LogP contribution in [0.2, 0.25) is 0 Å². The maximum Gasteiger partial charge on any atom is 0.322 e. The molecule has 2 aliphatic heterocycles. The summed E-state index contributed by atoms with van der Waals surface area (Å²) in [7, 11) is 1.57. The van der Waals surface area contributed by atoms with Crippen LogP contribution in [0.4, 0.5) is 23.5 Å². The van der Waals surface area contributed by atoms with Gasteiger partial charge in [0.05, 0.1) is 7.11 Å². The number of anilines is 4. The smallest absolute Gasteiger partial charge is 0.322 e. The molecule has 32 heavy (non-hydrogen) atoms. The summed E-state index contributed by atoms with van der Waals surface area (Å²) in [6.07, 6.45) is 5.61. The Hall–Kier alpha value is -3.69. The second-order valence-electron chi connectivity index (χ2n) is 8.00. The lowest BCUT2D eigenvalue weighted by molar-refractivity contribution is 0.379. The number of ether oxygens (including phenoxy) is 1. The fourth-order valence-corrected chi connectivity index (χ4v) is 4.20. The first-order valence-corrected chi connectivity index (χ1v) is 10.9. The van der Waals surface area contributed by atoms with Crippen LogP contribution in [0.1, 0.15) is 12.8 Å². The molecule has 2 N–H and O–H groups in total. The molecular formula is C22H27N9O. The highest BCUT2D eigenvalue weighted by Crippen LogP contribution is 2.22. The second-order valence-corrected chi connectivity index (χ2v) is 8.00. The van der Waals surface area contributed by atoms with Gasteiger partial charge in [0, 0.05) is 50.7 Å². The summed E-state index contributed by atoms with van der Waals surface area (Å²) in [6, 6.07) is 12.7. The van der Waals surface area contributed by atoms with Gasteiger partial charge in [-0.2, -0.15) is 15.0 Å². The Morgan fingerprint density at radius 2 is 1.31 bits per heavy atom. The molecule has 2 fully saturated rings. The van der Waals surface area contributed by atoms with Crippen molar-refractivity contribution in [3.8, 4) is 6.01 Å². The van der Waals surface area contributed by atoms with Gasteiger partial charge >= 0.3 is 6.01 Å². The van der Waals surface area contributed by atoms with E-state index in [0.29, 0.717) is 17.9 Å². The van der Waals surface area contributed by atoms with E-state index in [-0.39, 0.29) is 12.1 Å². The van der Waals surface area contributed by atoms with Gasteiger partial charge in [-0.1, -0.05) is 12.1 Å². The maximum atomic E-state index is 5.32. The fourth-order valence-electron chi connectivity index (χ4n) is 4.20. The van der Waals surface area contributed by atoms with E-state index < -0.39 is 0 Å². The largest absolute Gasteiger partial charge is 0.467 e. The van der Waals surface area contributed by atoms with Gasteiger partial charge in [0.15, 0.2) is 0 Å². The summed E-state index contributed by atoms with van der Waals surface area (Å²) in [5, 5.41) is 6.89. The van der Waals surface area contributed by atoms with Crippen LogP contribution in [0.3, 0.4) is 0 Å². The lowest BCUT2D eigenvalue weighted by atomic mass is 10.3. The van der Waals surface area contributed by atoms with Crippen LogP contribution in [0.25, 0.3) is 0 Å². The van der Waals surface area contributed by atoms with E-state index in [1.807, 2.05) is 48.8 Å². The first-order valence-electron chi connectivity index (χ1n) is 10.9. The van der Waals surface area contributed by atoms with E-state index in [0.717, 1.165) is 50.7 Å². The Kier molecular flexibility index (Phi) is 5.82. The van der Waals surface area contributed by atoms with Gasteiger partial charge in [0.2, 0.25) is 11.9 Å². The molecule has 10 heteroatoms. The monoisotopic (exact) mass is 433 g/mol. The van der Waals surface area contributed by atoms with Crippen LogP contribution in [-0.4, -0.2) is 70.3 Å². The Morgan fingerprint density at radius 1 is 0.781 bits per heavy atom. The van der Waals surface area contributed by atoms with Crippen molar-refractivity contribution in [3.05, 3.63) is 48.8 Å². The lowest BCUT2D eigenvalue weighted by Gasteiger charge is -2.19. The van der Waals surface area contributed by atoms with E-state index in [1.165, 1.54) is 0 Å². The molecule has 5 rings (SSSR count). The van der Waals surface area contributed by atoms with Crippen LogP contribution >= 0.6 is 0 Å². The maximum absolute atomic E-state index is 5.32. The zero-order valence-electron chi connectivity index (χ0n) is 18.1. The molecular weight excluding hydrogens is 406 g/mol. The first kappa shape index (κ1) is 20.2. The molecule has 0 saturated carbocycles. The predicted octanol–water partition coefficient (Wildman–Crippen LogP) is 2.05. The molecule has 2 atom stereocenters. The minimum absolute atomic E-state index is 0.225. The molecule has 5 heterocycles. The molecule has 2 unspecified atom stereocenters. The summed E-state index contributed by atoms with van der Waals surface area (Å²) in [4.78, 5) is 26.8. The lowest BCUT2D eigenvalue weighted by Crippen LogP contribution is -2.29. The molecule has 2 aliphatic rings. The van der Waals surface area contributed by atoms with Crippen LogP contribution in [0.15, 0.2) is 48.8 Å². The third kappa shape index (κ3) is 4.63. The zero-order chi connectivity index (χ0) is 21.8. The third-order valence-corrected chi connectivity index (χ3v) is 5.79. The molecule has 10 nitrogen and oxygen atoms in total. The molecule has 2 saturated heterocycles. The molecule has 3 aromatic heterocycles. The number of rotatable bonds is 7. The van der Waals surface area contributed by atoms with Gasteiger partial charge in [0.25, 0.3) is 0 Å². The quantitative estimate of drug-likeness (QED) is 0.575. The first-order chi connectivity index (χ1) is 15.8. The number of hydrogen-bond donors (Lipinski definition) is 2. The highest BCUT2D eigenvalue weighted by molar-refractivity contribution is 5.44.